The lowest BCUT2D eigenvalue weighted by Gasteiger charge is -2.04. The Morgan fingerprint density at radius 3 is 2.94 bits per heavy atom. The Labute approximate surface area is 98.3 Å². The number of benzene rings is 1. The summed E-state index contributed by atoms with van der Waals surface area (Å²) in [5.74, 6) is -0.371. The van der Waals surface area contributed by atoms with Gasteiger partial charge in [0.05, 0.1) is 5.71 Å². The van der Waals surface area contributed by atoms with E-state index >= 15 is 0 Å². The molecule has 0 saturated carbocycles. The summed E-state index contributed by atoms with van der Waals surface area (Å²) in [4.78, 5) is 10.8. The van der Waals surface area contributed by atoms with Crippen LogP contribution >= 0.6 is 0 Å². The number of ether oxygens (including phenoxy) is 1. The Bertz CT molecular complexity index is 481. The molecule has 1 aromatic carbocycles. The van der Waals surface area contributed by atoms with E-state index in [2.05, 4.69) is 5.16 Å². The second-order valence-corrected chi connectivity index (χ2v) is 3.87. The third kappa shape index (κ3) is 2.08. The average molecular weight is 235 g/mol. The third-order valence-electron chi connectivity index (χ3n) is 2.80. The van der Waals surface area contributed by atoms with Gasteiger partial charge >= 0.3 is 5.97 Å². The number of oxime groups is 1. The lowest BCUT2D eigenvalue weighted by atomic mass is 10.0. The maximum absolute atomic E-state index is 10.8. The summed E-state index contributed by atoms with van der Waals surface area (Å²) < 4.78 is 5.27. The van der Waals surface area contributed by atoms with Gasteiger partial charge in [-0.2, -0.15) is 0 Å². The van der Waals surface area contributed by atoms with Crippen LogP contribution < -0.4 is 4.74 Å². The van der Waals surface area contributed by atoms with Gasteiger partial charge in [-0.1, -0.05) is 12.1 Å². The van der Waals surface area contributed by atoms with E-state index in [1.165, 1.54) is 0 Å². The fourth-order valence-corrected chi connectivity index (χ4v) is 1.90. The molecule has 0 spiro atoms. The number of hydrogen-bond acceptors (Lipinski definition) is 4. The fourth-order valence-electron chi connectivity index (χ4n) is 1.90. The third-order valence-corrected chi connectivity index (χ3v) is 2.80. The predicted octanol–water partition coefficient (Wildman–Crippen LogP) is 1.66. The van der Waals surface area contributed by atoms with Crippen molar-refractivity contribution < 1.29 is 19.8 Å². The van der Waals surface area contributed by atoms with Crippen LogP contribution in [0.5, 0.6) is 5.75 Å². The first-order valence-electron chi connectivity index (χ1n) is 5.39. The standard InChI is InChI=1S/C12H13NO4/c1-2-9(13-16)7-3-4-10-8(5-7)6-11(17-10)12(14)15/h3-5,11,16H,2,6H2,1H3,(H,14,15)/b13-9-. The van der Waals surface area contributed by atoms with Gasteiger partial charge in [0.2, 0.25) is 0 Å². The first kappa shape index (κ1) is 11.4. The van der Waals surface area contributed by atoms with Crippen LogP contribution in [0.25, 0.3) is 0 Å². The number of carbonyl (C=O) groups is 1. The minimum absolute atomic E-state index is 0.348. The lowest BCUT2D eigenvalue weighted by molar-refractivity contribution is -0.144. The number of aliphatic carboxylic acids is 1. The molecule has 1 aliphatic rings. The van der Waals surface area contributed by atoms with Crippen molar-refractivity contribution in [3.63, 3.8) is 0 Å². The van der Waals surface area contributed by atoms with Gasteiger partial charge in [-0.25, -0.2) is 4.79 Å². The highest BCUT2D eigenvalue weighted by Crippen LogP contribution is 2.30. The fraction of sp³-hybridized carbons (Fsp3) is 0.333. The zero-order valence-electron chi connectivity index (χ0n) is 9.38. The molecule has 1 heterocycles. The topological polar surface area (TPSA) is 79.1 Å². The largest absolute Gasteiger partial charge is 0.478 e. The van der Waals surface area contributed by atoms with Crippen molar-refractivity contribution in [3.8, 4) is 5.75 Å². The normalized spacial score (nSPS) is 18.6. The van der Waals surface area contributed by atoms with E-state index in [4.69, 9.17) is 15.1 Å². The van der Waals surface area contributed by atoms with Crippen molar-refractivity contribution >= 4 is 11.7 Å². The summed E-state index contributed by atoms with van der Waals surface area (Å²) in [7, 11) is 0. The van der Waals surface area contributed by atoms with E-state index in [0.29, 0.717) is 24.3 Å². The predicted molar refractivity (Wildman–Crippen MR) is 60.8 cm³/mol. The summed E-state index contributed by atoms with van der Waals surface area (Å²) in [6.45, 7) is 1.89. The minimum Gasteiger partial charge on any atom is -0.478 e. The molecule has 0 saturated heterocycles. The molecule has 0 aliphatic carbocycles. The average Bonchev–Trinajstić information content (AvgIpc) is 2.74. The van der Waals surface area contributed by atoms with Gasteiger partial charge < -0.3 is 15.1 Å². The second kappa shape index (κ2) is 4.45. The molecule has 0 radical (unpaired) electrons. The van der Waals surface area contributed by atoms with E-state index in [1.807, 2.05) is 13.0 Å². The van der Waals surface area contributed by atoms with Crippen molar-refractivity contribution in [2.75, 3.05) is 0 Å². The number of rotatable bonds is 3. The molecular formula is C12H13NO4. The van der Waals surface area contributed by atoms with Crippen LogP contribution in [0.15, 0.2) is 23.4 Å². The van der Waals surface area contributed by atoms with Crippen LogP contribution in [-0.4, -0.2) is 28.1 Å². The van der Waals surface area contributed by atoms with Crippen LogP contribution in [-0.2, 0) is 11.2 Å². The molecule has 2 rings (SSSR count). The number of nitrogens with zero attached hydrogens (tertiary/aromatic N) is 1. The van der Waals surface area contributed by atoms with Crippen molar-refractivity contribution in [2.45, 2.75) is 25.9 Å². The van der Waals surface area contributed by atoms with Crippen LogP contribution in [0.3, 0.4) is 0 Å². The highest BCUT2D eigenvalue weighted by Gasteiger charge is 2.29. The van der Waals surface area contributed by atoms with Crippen molar-refractivity contribution in [1.82, 2.24) is 0 Å². The maximum atomic E-state index is 10.8. The molecule has 5 heteroatoms. The Balaban J connectivity index is 2.30. The quantitative estimate of drug-likeness (QED) is 0.474. The van der Waals surface area contributed by atoms with Gasteiger partial charge in [0.25, 0.3) is 0 Å². The van der Waals surface area contributed by atoms with Gasteiger partial charge in [-0.05, 0) is 35.7 Å². The molecule has 0 bridgehead atoms. The summed E-state index contributed by atoms with van der Waals surface area (Å²) in [6.07, 6.45) is 0.149. The molecule has 1 unspecified atom stereocenters. The van der Waals surface area contributed by atoms with Gasteiger partial charge in [0.15, 0.2) is 6.10 Å². The van der Waals surface area contributed by atoms with Crippen LogP contribution in [0.1, 0.15) is 24.5 Å². The molecule has 1 aromatic rings. The van der Waals surface area contributed by atoms with Crippen molar-refractivity contribution in [3.05, 3.63) is 29.3 Å². The zero-order chi connectivity index (χ0) is 12.4. The first-order chi connectivity index (χ1) is 8.15. The van der Waals surface area contributed by atoms with E-state index in [1.54, 1.807) is 12.1 Å². The maximum Gasteiger partial charge on any atom is 0.345 e. The van der Waals surface area contributed by atoms with Crippen molar-refractivity contribution in [2.24, 2.45) is 5.16 Å². The highest BCUT2D eigenvalue weighted by atomic mass is 16.5. The summed E-state index contributed by atoms with van der Waals surface area (Å²) in [5.41, 5.74) is 2.21. The van der Waals surface area contributed by atoms with E-state index in [9.17, 15) is 4.79 Å². The molecule has 17 heavy (non-hydrogen) atoms. The minimum atomic E-state index is -0.964. The van der Waals surface area contributed by atoms with Crippen molar-refractivity contribution in [1.29, 1.82) is 0 Å². The van der Waals surface area contributed by atoms with Crippen LogP contribution in [0.2, 0.25) is 0 Å². The molecule has 0 aromatic heterocycles. The van der Waals surface area contributed by atoms with Gasteiger partial charge in [-0.15, -0.1) is 0 Å². The van der Waals surface area contributed by atoms with E-state index in [-0.39, 0.29) is 0 Å². The summed E-state index contributed by atoms with van der Waals surface area (Å²) >= 11 is 0. The number of carboxylic acids is 1. The molecule has 0 amide bonds. The molecule has 1 aliphatic heterocycles. The SMILES string of the molecule is CC/C(=N/O)c1ccc2c(c1)CC(C(=O)O)O2. The lowest BCUT2D eigenvalue weighted by Crippen LogP contribution is -2.24. The van der Waals surface area contributed by atoms with Gasteiger partial charge in [-0.3, -0.25) is 0 Å². The van der Waals surface area contributed by atoms with Crippen LogP contribution in [0.4, 0.5) is 0 Å². The van der Waals surface area contributed by atoms with E-state index in [0.717, 1.165) is 11.1 Å². The molecule has 90 valence electrons. The monoisotopic (exact) mass is 235 g/mol. The van der Waals surface area contributed by atoms with E-state index < -0.39 is 12.1 Å². The number of hydrogen-bond donors (Lipinski definition) is 2. The molecular weight excluding hydrogens is 222 g/mol. The summed E-state index contributed by atoms with van der Waals surface area (Å²) in [5, 5.41) is 20.9. The Hall–Kier alpha value is -2.04. The Morgan fingerprint density at radius 1 is 1.59 bits per heavy atom. The molecule has 0 fully saturated rings. The molecule has 5 nitrogen and oxygen atoms in total. The van der Waals surface area contributed by atoms with Crippen LogP contribution in [0, 0.1) is 0 Å². The highest BCUT2D eigenvalue weighted by molar-refractivity contribution is 6.00. The number of fused-ring (bicyclic) bond motifs is 1. The zero-order valence-corrected chi connectivity index (χ0v) is 9.38. The Morgan fingerprint density at radius 2 is 2.35 bits per heavy atom. The second-order valence-electron chi connectivity index (χ2n) is 3.87. The smallest absolute Gasteiger partial charge is 0.345 e. The molecule has 2 N–H and O–H groups in total. The molecule has 1 atom stereocenters. The summed E-state index contributed by atoms with van der Waals surface area (Å²) in [6, 6.07) is 5.30. The Kier molecular flexibility index (Phi) is 2.99. The van der Waals surface area contributed by atoms with Gasteiger partial charge in [0.1, 0.15) is 5.75 Å². The first-order valence-corrected chi connectivity index (χ1v) is 5.39. The van der Waals surface area contributed by atoms with Gasteiger partial charge in [0, 0.05) is 6.42 Å². The number of carboxylic acid groups (broad SMARTS) is 1.